The Kier molecular flexibility index (Phi) is 4.29. The highest BCUT2D eigenvalue weighted by Gasteiger charge is 2.15. The summed E-state index contributed by atoms with van der Waals surface area (Å²) in [5.74, 6) is -0.941. The van der Waals surface area contributed by atoms with Crippen molar-refractivity contribution in [3.05, 3.63) is 46.0 Å². The van der Waals surface area contributed by atoms with Crippen LogP contribution in [0.4, 0.5) is 5.95 Å². The fourth-order valence-corrected chi connectivity index (χ4v) is 1.42. The highest BCUT2D eigenvalue weighted by atomic mass is 16.6. The van der Waals surface area contributed by atoms with Crippen molar-refractivity contribution < 1.29 is 9.72 Å². The molecule has 1 heterocycles. The Balaban J connectivity index is 1.95. The summed E-state index contributed by atoms with van der Waals surface area (Å²) in [5.41, 5.74) is 3.31. The number of hydrogen-bond donors (Lipinski definition) is 1. The summed E-state index contributed by atoms with van der Waals surface area (Å²) >= 11 is 0. The van der Waals surface area contributed by atoms with Crippen molar-refractivity contribution in [2.75, 3.05) is 0 Å². The largest absolute Gasteiger partial charge is 0.514 e. The molecule has 0 aliphatic heterocycles. The molecule has 0 fully saturated rings. The maximum absolute atomic E-state index is 11.7. The van der Waals surface area contributed by atoms with E-state index in [0.29, 0.717) is 11.3 Å². The molecule has 0 saturated heterocycles. The highest BCUT2D eigenvalue weighted by molar-refractivity contribution is 5.95. The zero-order valence-corrected chi connectivity index (χ0v) is 11.0. The van der Waals surface area contributed by atoms with Crippen LogP contribution in [0.2, 0.25) is 0 Å². The van der Waals surface area contributed by atoms with E-state index in [0.717, 1.165) is 4.80 Å². The highest BCUT2D eigenvalue weighted by Crippen LogP contribution is 1.98. The summed E-state index contributed by atoms with van der Waals surface area (Å²) in [4.78, 5) is 22.4. The number of nitro groups is 1. The fourth-order valence-electron chi connectivity index (χ4n) is 1.42. The molecule has 0 bridgehead atoms. The zero-order valence-electron chi connectivity index (χ0n) is 11.0. The van der Waals surface area contributed by atoms with E-state index in [4.69, 9.17) is 0 Å². The molecular weight excluding hydrogens is 278 g/mol. The Hall–Kier alpha value is -3.17. The number of carbonyl (C=O) groups is 1. The number of amides is 1. The van der Waals surface area contributed by atoms with Crippen molar-refractivity contribution >= 4 is 17.6 Å². The summed E-state index contributed by atoms with van der Waals surface area (Å²) in [7, 11) is 0. The molecule has 1 amide bonds. The van der Waals surface area contributed by atoms with Gasteiger partial charge in [-0.15, -0.1) is 0 Å². The van der Waals surface area contributed by atoms with E-state index >= 15 is 0 Å². The van der Waals surface area contributed by atoms with Crippen molar-refractivity contribution in [2.45, 2.75) is 13.5 Å². The second-order valence-electron chi connectivity index (χ2n) is 4.03. The van der Waals surface area contributed by atoms with Gasteiger partial charge >= 0.3 is 5.95 Å². The molecule has 10 nitrogen and oxygen atoms in total. The van der Waals surface area contributed by atoms with E-state index in [9.17, 15) is 14.9 Å². The van der Waals surface area contributed by atoms with Gasteiger partial charge in [-0.25, -0.2) is 5.43 Å². The molecule has 0 atom stereocenters. The summed E-state index contributed by atoms with van der Waals surface area (Å²) in [6.45, 7) is 1.70. The van der Waals surface area contributed by atoms with Crippen molar-refractivity contribution in [3.63, 3.8) is 0 Å². The fraction of sp³-hybridized carbons (Fsp3) is 0.182. The summed E-state index contributed by atoms with van der Waals surface area (Å²) in [6.07, 6.45) is 0. The SMILES string of the molecule is C/C(Cn1nnc([N+](=O)[O-])n1)=N/NC(=O)c1ccccc1. The van der Waals surface area contributed by atoms with Gasteiger partial charge in [0.1, 0.15) is 6.54 Å². The van der Waals surface area contributed by atoms with Crippen molar-refractivity contribution in [3.8, 4) is 0 Å². The molecule has 1 aromatic carbocycles. The van der Waals surface area contributed by atoms with Crippen LogP contribution >= 0.6 is 0 Å². The number of benzene rings is 1. The monoisotopic (exact) mass is 289 g/mol. The first-order valence-electron chi connectivity index (χ1n) is 5.87. The maximum atomic E-state index is 11.7. The maximum Gasteiger partial charge on any atom is 0.514 e. The minimum atomic E-state index is -0.743. The third kappa shape index (κ3) is 3.89. The van der Waals surface area contributed by atoms with Crippen molar-refractivity contribution in [2.24, 2.45) is 5.10 Å². The minimum Gasteiger partial charge on any atom is -0.390 e. The Labute approximate surface area is 118 Å². The van der Waals surface area contributed by atoms with Crippen LogP contribution in [-0.2, 0) is 6.54 Å². The van der Waals surface area contributed by atoms with Crippen LogP contribution in [-0.4, -0.2) is 36.7 Å². The first-order valence-corrected chi connectivity index (χ1v) is 5.87. The minimum absolute atomic E-state index is 0.0793. The van der Waals surface area contributed by atoms with Crippen molar-refractivity contribution in [1.29, 1.82) is 0 Å². The third-order valence-electron chi connectivity index (χ3n) is 2.36. The van der Waals surface area contributed by atoms with E-state index < -0.39 is 10.9 Å². The molecule has 2 aromatic rings. The van der Waals surface area contributed by atoms with Crippen LogP contribution in [0, 0.1) is 10.1 Å². The molecule has 10 heteroatoms. The normalized spacial score (nSPS) is 11.2. The Bertz CT molecular complexity index is 680. The number of hydrazone groups is 1. The topological polar surface area (TPSA) is 128 Å². The molecule has 108 valence electrons. The number of nitrogens with one attached hydrogen (secondary N) is 1. The number of hydrogen-bond acceptors (Lipinski definition) is 7. The molecule has 0 saturated carbocycles. The average Bonchev–Trinajstić information content (AvgIpc) is 2.94. The van der Waals surface area contributed by atoms with Gasteiger partial charge < -0.3 is 10.1 Å². The zero-order chi connectivity index (χ0) is 15.2. The molecular formula is C11H11N7O3. The van der Waals surface area contributed by atoms with Gasteiger partial charge in [0.05, 0.1) is 15.9 Å². The van der Waals surface area contributed by atoms with Gasteiger partial charge in [-0.2, -0.15) is 5.10 Å². The Morgan fingerprint density at radius 3 is 2.76 bits per heavy atom. The average molecular weight is 289 g/mol. The first-order chi connectivity index (χ1) is 10.1. The molecule has 2 rings (SSSR count). The molecule has 21 heavy (non-hydrogen) atoms. The van der Waals surface area contributed by atoms with Gasteiger partial charge in [-0.05, 0) is 24.0 Å². The van der Waals surface area contributed by atoms with Crippen LogP contribution in [0.5, 0.6) is 0 Å². The van der Waals surface area contributed by atoms with Gasteiger partial charge in [0.25, 0.3) is 5.91 Å². The number of nitrogens with zero attached hydrogens (tertiary/aromatic N) is 6. The van der Waals surface area contributed by atoms with Gasteiger partial charge in [0, 0.05) is 10.8 Å². The second-order valence-corrected chi connectivity index (χ2v) is 4.03. The smallest absolute Gasteiger partial charge is 0.390 e. The summed E-state index contributed by atoms with van der Waals surface area (Å²) in [5, 5.41) is 24.6. The third-order valence-corrected chi connectivity index (χ3v) is 2.36. The van der Waals surface area contributed by atoms with E-state index in [-0.39, 0.29) is 12.5 Å². The van der Waals surface area contributed by atoms with E-state index in [1.165, 1.54) is 0 Å². The van der Waals surface area contributed by atoms with E-state index in [1.807, 2.05) is 0 Å². The molecule has 0 aliphatic rings. The van der Waals surface area contributed by atoms with Crippen molar-refractivity contribution in [1.82, 2.24) is 25.6 Å². The first kappa shape index (κ1) is 14.2. The Morgan fingerprint density at radius 2 is 2.14 bits per heavy atom. The van der Waals surface area contributed by atoms with Gasteiger partial charge in [-0.3, -0.25) is 4.79 Å². The number of aromatic nitrogens is 4. The molecule has 1 N–H and O–H groups in total. The molecule has 0 spiro atoms. The van der Waals surface area contributed by atoms with Crippen LogP contribution in [0.1, 0.15) is 17.3 Å². The Morgan fingerprint density at radius 1 is 1.43 bits per heavy atom. The lowest BCUT2D eigenvalue weighted by atomic mass is 10.2. The predicted molar refractivity (Wildman–Crippen MR) is 71.5 cm³/mol. The molecule has 0 aliphatic carbocycles. The van der Waals surface area contributed by atoms with Gasteiger partial charge in [-0.1, -0.05) is 23.0 Å². The second kappa shape index (κ2) is 6.32. The predicted octanol–water partition coefficient (Wildman–Crippen LogP) is 0.387. The summed E-state index contributed by atoms with van der Waals surface area (Å²) < 4.78 is 0. The van der Waals surface area contributed by atoms with Crippen LogP contribution in [0.15, 0.2) is 35.4 Å². The lowest BCUT2D eigenvalue weighted by Crippen LogP contribution is -2.21. The van der Waals surface area contributed by atoms with E-state index in [1.54, 1.807) is 37.3 Å². The van der Waals surface area contributed by atoms with Crippen LogP contribution in [0.3, 0.4) is 0 Å². The van der Waals surface area contributed by atoms with Gasteiger partial charge in [0.2, 0.25) is 0 Å². The lowest BCUT2D eigenvalue weighted by Gasteiger charge is -2.00. The van der Waals surface area contributed by atoms with Crippen LogP contribution < -0.4 is 5.43 Å². The number of carbonyl (C=O) groups excluding carboxylic acids is 1. The standard InChI is InChI=1S/C11H11N7O3/c1-8(7-17-15-11(14-16-17)18(20)21)12-13-10(19)9-5-3-2-4-6-9/h2-6H,7H2,1H3,(H,13,19)/b12-8-. The molecule has 0 unspecified atom stereocenters. The lowest BCUT2D eigenvalue weighted by molar-refractivity contribution is -0.394. The van der Waals surface area contributed by atoms with Gasteiger partial charge in [0.15, 0.2) is 0 Å². The quantitative estimate of drug-likeness (QED) is 0.481. The van der Waals surface area contributed by atoms with E-state index in [2.05, 4.69) is 25.9 Å². The molecule has 1 aromatic heterocycles. The van der Waals surface area contributed by atoms with Crippen LogP contribution in [0.25, 0.3) is 0 Å². The molecule has 0 radical (unpaired) electrons. The number of rotatable bonds is 5. The number of tetrazole rings is 1. The summed E-state index contributed by atoms with van der Waals surface area (Å²) in [6, 6.07) is 8.59.